The van der Waals surface area contributed by atoms with Gasteiger partial charge >= 0.3 is 0 Å². The maximum atomic E-state index is 12.2. The summed E-state index contributed by atoms with van der Waals surface area (Å²) >= 11 is 7.80. The van der Waals surface area contributed by atoms with Gasteiger partial charge in [-0.2, -0.15) is 5.10 Å². The van der Waals surface area contributed by atoms with E-state index in [9.17, 15) is 8.42 Å². The minimum absolute atomic E-state index is 0.205. The van der Waals surface area contributed by atoms with E-state index in [0.717, 1.165) is 9.35 Å². The smallest absolute Gasteiger partial charge is 0.263 e. The molecule has 9 heteroatoms. The van der Waals surface area contributed by atoms with Gasteiger partial charge in [0, 0.05) is 5.56 Å². The Bertz CT molecular complexity index is 663. The van der Waals surface area contributed by atoms with E-state index in [1.807, 2.05) is 6.92 Å². The molecule has 98 valence electrons. The van der Waals surface area contributed by atoms with Crippen LogP contribution in [0.5, 0.6) is 0 Å². The van der Waals surface area contributed by atoms with Gasteiger partial charge in [-0.15, -0.1) is 11.3 Å². The fourth-order valence-corrected chi connectivity index (χ4v) is 6.24. The predicted octanol–water partition coefficient (Wildman–Crippen LogP) is 3.36. The molecule has 0 spiro atoms. The largest absolute Gasteiger partial charge is 0.265 e. The van der Waals surface area contributed by atoms with E-state index in [-0.39, 0.29) is 4.90 Å². The first-order valence-electron chi connectivity index (χ1n) is 4.94. The molecule has 0 atom stereocenters. The Kier molecular flexibility index (Phi) is 4.15. The van der Waals surface area contributed by atoms with Crippen molar-refractivity contribution < 1.29 is 8.42 Å². The normalized spacial score (nSPS) is 11.7. The van der Waals surface area contributed by atoms with Crippen LogP contribution < -0.4 is 4.72 Å². The van der Waals surface area contributed by atoms with Crippen molar-refractivity contribution in [2.24, 2.45) is 0 Å². The Morgan fingerprint density at radius 2 is 2.22 bits per heavy atom. The van der Waals surface area contributed by atoms with Crippen LogP contribution in [0.1, 0.15) is 12.5 Å². The molecular weight excluding hydrogens is 406 g/mol. The number of hydrogen-bond acceptors (Lipinski definition) is 4. The van der Waals surface area contributed by atoms with E-state index in [2.05, 4.69) is 46.8 Å². The van der Waals surface area contributed by atoms with Gasteiger partial charge in [0.1, 0.15) is 10.7 Å². The number of anilines is 1. The molecule has 0 aromatic carbocycles. The van der Waals surface area contributed by atoms with E-state index < -0.39 is 10.0 Å². The number of hydrogen-bond donors (Lipinski definition) is 2. The highest BCUT2D eigenvalue weighted by Crippen LogP contribution is 2.35. The molecule has 0 fully saturated rings. The molecule has 0 aliphatic heterocycles. The zero-order valence-electron chi connectivity index (χ0n) is 9.20. The van der Waals surface area contributed by atoms with Gasteiger partial charge in [-0.05, 0) is 44.3 Å². The van der Waals surface area contributed by atoms with E-state index in [1.54, 1.807) is 12.3 Å². The molecule has 2 rings (SSSR count). The molecule has 5 nitrogen and oxygen atoms in total. The van der Waals surface area contributed by atoms with Crippen molar-refractivity contribution in [3.8, 4) is 0 Å². The first-order chi connectivity index (χ1) is 8.44. The molecule has 18 heavy (non-hydrogen) atoms. The summed E-state index contributed by atoms with van der Waals surface area (Å²) in [5.74, 6) is 0.409. The van der Waals surface area contributed by atoms with Crippen LogP contribution in [0.4, 0.5) is 5.82 Å². The van der Waals surface area contributed by atoms with Crippen molar-refractivity contribution in [3.63, 3.8) is 0 Å². The summed E-state index contributed by atoms with van der Waals surface area (Å²) in [6.07, 6.45) is 2.30. The minimum atomic E-state index is -3.61. The molecule has 0 amide bonds. The Morgan fingerprint density at radius 3 is 2.78 bits per heavy atom. The standard InChI is InChI=1S/C9H9Br2N3O2S2/c1-2-5-4-12-13-9(5)14-18(15,16)6-3-7(10)17-8(6)11/h3-4H,2H2,1H3,(H2,12,13,14). The second kappa shape index (κ2) is 5.32. The van der Waals surface area contributed by atoms with Crippen molar-refractivity contribution in [2.75, 3.05) is 4.72 Å². The van der Waals surface area contributed by atoms with Gasteiger partial charge in [0.15, 0.2) is 0 Å². The zero-order valence-corrected chi connectivity index (χ0v) is 14.0. The topological polar surface area (TPSA) is 74.8 Å². The maximum absolute atomic E-state index is 12.2. The zero-order chi connectivity index (χ0) is 13.3. The fourth-order valence-electron chi connectivity index (χ4n) is 1.37. The van der Waals surface area contributed by atoms with Gasteiger partial charge in [-0.25, -0.2) is 8.42 Å². The number of rotatable bonds is 4. The Labute approximate surface area is 125 Å². The molecule has 0 aliphatic rings. The highest BCUT2D eigenvalue weighted by molar-refractivity contribution is 9.12. The van der Waals surface area contributed by atoms with Gasteiger partial charge in [-0.1, -0.05) is 6.92 Å². The first kappa shape index (κ1) is 14.0. The second-order valence-electron chi connectivity index (χ2n) is 3.42. The van der Waals surface area contributed by atoms with Crippen LogP contribution in [-0.2, 0) is 16.4 Å². The Balaban J connectivity index is 2.36. The monoisotopic (exact) mass is 413 g/mol. The number of sulfonamides is 1. The summed E-state index contributed by atoms with van der Waals surface area (Å²) < 4.78 is 28.2. The summed E-state index contributed by atoms with van der Waals surface area (Å²) in [5.41, 5.74) is 0.823. The number of aromatic nitrogens is 2. The molecule has 0 bridgehead atoms. The Morgan fingerprint density at radius 1 is 1.50 bits per heavy atom. The molecule has 2 N–H and O–H groups in total. The number of nitrogens with zero attached hydrogens (tertiary/aromatic N) is 1. The quantitative estimate of drug-likeness (QED) is 0.805. The van der Waals surface area contributed by atoms with Crippen LogP contribution in [0.25, 0.3) is 0 Å². The van der Waals surface area contributed by atoms with E-state index in [1.165, 1.54) is 11.3 Å². The van der Waals surface area contributed by atoms with Crippen LogP contribution in [0.2, 0.25) is 0 Å². The van der Waals surface area contributed by atoms with Crippen LogP contribution in [0.3, 0.4) is 0 Å². The lowest BCUT2D eigenvalue weighted by Gasteiger charge is -2.06. The average Bonchev–Trinajstić information content (AvgIpc) is 2.84. The number of nitrogens with one attached hydrogen (secondary N) is 2. The lowest BCUT2D eigenvalue weighted by atomic mass is 10.3. The summed E-state index contributed by atoms with van der Waals surface area (Å²) in [6.45, 7) is 1.93. The SMILES string of the molecule is CCc1cn[nH]c1NS(=O)(=O)c1cc(Br)sc1Br. The number of aromatic amines is 1. The third-order valence-corrected chi connectivity index (χ3v) is 6.35. The molecule has 0 saturated carbocycles. The summed E-state index contributed by atoms with van der Waals surface area (Å²) in [7, 11) is -3.61. The highest BCUT2D eigenvalue weighted by atomic mass is 79.9. The summed E-state index contributed by atoms with van der Waals surface area (Å²) in [4.78, 5) is 0.205. The minimum Gasteiger partial charge on any atom is -0.263 e. The number of thiophene rings is 1. The van der Waals surface area contributed by atoms with Gasteiger partial charge in [-0.3, -0.25) is 9.82 Å². The number of aryl methyl sites for hydroxylation is 1. The van der Waals surface area contributed by atoms with Gasteiger partial charge < -0.3 is 0 Å². The Hall–Kier alpha value is -0.380. The number of H-pyrrole nitrogens is 1. The lowest BCUT2D eigenvalue weighted by molar-refractivity contribution is 0.601. The molecule has 2 aromatic rings. The summed E-state index contributed by atoms with van der Waals surface area (Å²) in [5, 5.41) is 6.47. The van der Waals surface area contributed by atoms with Crippen LogP contribution in [-0.4, -0.2) is 18.6 Å². The third-order valence-electron chi connectivity index (χ3n) is 2.25. The summed E-state index contributed by atoms with van der Waals surface area (Å²) in [6, 6.07) is 1.55. The van der Waals surface area contributed by atoms with E-state index in [4.69, 9.17) is 0 Å². The number of halogens is 2. The maximum Gasteiger partial charge on any atom is 0.265 e. The van der Waals surface area contributed by atoms with Gasteiger partial charge in [0.2, 0.25) is 0 Å². The molecule has 0 aliphatic carbocycles. The van der Waals surface area contributed by atoms with Crippen molar-refractivity contribution in [3.05, 3.63) is 25.4 Å². The lowest BCUT2D eigenvalue weighted by Crippen LogP contribution is -2.14. The third kappa shape index (κ3) is 2.79. The fraction of sp³-hybridized carbons (Fsp3) is 0.222. The molecular formula is C9H9Br2N3O2S2. The van der Waals surface area contributed by atoms with Gasteiger partial charge in [0.25, 0.3) is 10.0 Å². The van der Waals surface area contributed by atoms with Crippen molar-refractivity contribution in [1.82, 2.24) is 10.2 Å². The van der Waals surface area contributed by atoms with Crippen molar-refractivity contribution >= 4 is 59.0 Å². The van der Waals surface area contributed by atoms with Crippen LogP contribution in [0, 0.1) is 0 Å². The van der Waals surface area contributed by atoms with Crippen LogP contribution >= 0.6 is 43.2 Å². The van der Waals surface area contributed by atoms with Crippen LogP contribution in [0.15, 0.2) is 24.7 Å². The van der Waals surface area contributed by atoms with Crippen molar-refractivity contribution in [2.45, 2.75) is 18.2 Å². The molecule has 0 radical (unpaired) electrons. The van der Waals surface area contributed by atoms with E-state index >= 15 is 0 Å². The van der Waals surface area contributed by atoms with Gasteiger partial charge in [0.05, 0.1) is 13.8 Å². The average molecular weight is 415 g/mol. The predicted molar refractivity (Wildman–Crippen MR) is 78.5 cm³/mol. The van der Waals surface area contributed by atoms with E-state index in [0.29, 0.717) is 16.0 Å². The van der Waals surface area contributed by atoms with Crippen molar-refractivity contribution in [1.29, 1.82) is 0 Å². The highest BCUT2D eigenvalue weighted by Gasteiger charge is 2.22. The molecule has 2 aromatic heterocycles. The first-order valence-corrected chi connectivity index (χ1v) is 8.82. The molecule has 0 saturated heterocycles. The molecule has 0 unspecified atom stereocenters. The second-order valence-corrected chi connectivity index (χ2v) is 8.82. The molecule has 2 heterocycles.